The maximum absolute atomic E-state index is 12.1. The summed E-state index contributed by atoms with van der Waals surface area (Å²) in [6.45, 7) is 0.484. The van der Waals surface area contributed by atoms with Gasteiger partial charge in [-0.25, -0.2) is 0 Å². The summed E-state index contributed by atoms with van der Waals surface area (Å²) in [5, 5.41) is 5.45. The second kappa shape index (κ2) is 8.58. The normalized spacial score (nSPS) is 10.6. The van der Waals surface area contributed by atoms with E-state index in [1.807, 2.05) is 30.3 Å². The molecule has 0 radical (unpaired) electrons. The monoisotopic (exact) mass is 351 g/mol. The number of nitrogens with one attached hydrogen (secondary N) is 1. The molecule has 0 atom stereocenters. The minimum Gasteiger partial charge on any atom is -0.496 e. The van der Waals surface area contributed by atoms with E-state index >= 15 is 0 Å². The summed E-state index contributed by atoms with van der Waals surface area (Å²) in [6.07, 6.45) is 0. The van der Waals surface area contributed by atoms with E-state index in [0.29, 0.717) is 12.3 Å². The molecule has 0 aliphatic rings. The van der Waals surface area contributed by atoms with Gasteiger partial charge in [0, 0.05) is 17.9 Å². The molecule has 4 heteroatoms. The molecule has 3 rings (SSSR count). The molecule has 0 aliphatic carbocycles. The van der Waals surface area contributed by atoms with Crippen molar-refractivity contribution in [2.24, 2.45) is 0 Å². The van der Waals surface area contributed by atoms with Crippen LogP contribution < -0.4 is 10.1 Å². The molecule has 0 aromatic heterocycles. The summed E-state index contributed by atoms with van der Waals surface area (Å²) in [4.78, 5) is 12.1. The molecule has 3 aromatic rings. The molecule has 0 spiro atoms. The van der Waals surface area contributed by atoms with E-state index in [1.165, 1.54) is 16.3 Å². The number of carbonyl (C=O) groups is 1. The molecule has 0 fully saturated rings. The Bertz CT molecular complexity index is 858. The summed E-state index contributed by atoms with van der Waals surface area (Å²) in [5.74, 6) is 2.10. The number of thioether (sulfide) groups is 1. The molecule has 0 unspecified atom stereocenters. The van der Waals surface area contributed by atoms with Crippen molar-refractivity contribution in [2.75, 3.05) is 12.9 Å². The first kappa shape index (κ1) is 17.4. The van der Waals surface area contributed by atoms with Crippen molar-refractivity contribution in [3.8, 4) is 5.75 Å². The lowest BCUT2D eigenvalue weighted by atomic mass is 10.1. The number of rotatable bonds is 7. The van der Waals surface area contributed by atoms with Gasteiger partial charge in [-0.3, -0.25) is 4.79 Å². The highest BCUT2D eigenvalue weighted by Crippen LogP contribution is 2.22. The third-order valence-corrected chi connectivity index (χ3v) is 5.02. The average molecular weight is 351 g/mol. The Labute approximate surface area is 152 Å². The Morgan fingerprint density at radius 3 is 2.56 bits per heavy atom. The number of carbonyl (C=O) groups excluding carboxylic acids is 1. The lowest BCUT2D eigenvalue weighted by molar-refractivity contribution is -0.118. The van der Waals surface area contributed by atoms with Gasteiger partial charge in [0.2, 0.25) is 5.91 Å². The number of hydrogen-bond donors (Lipinski definition) is 1. The van der Waals surface area contributed by atoms with Crippen molar-refractivity contribution in [1.82, 2.24) is 5.32 Å². The van der Waals surface area contributed by atoms with Crippen LogP contribution >= 0.6 is 11.8 Å². The molecule has 128 valence electrons. The van der Waals surface area contributed by atoms with E-state index in [0.717, 1.165) is 17.1 Å². The van der Waals surface area contributed by atoms with Crippen LogP contribution in [0.5, 0.6) is 5.75 Å². The second-order valence-corrected chi connectivity index (χ2v) is 6.71. The Kier molecular flexibility index (Phi) is 5.96. The highest BCUT2D eigenvalue weighted by molar-refractivity contribution is 7.99. The van der Waals surface area contributed by atoms with Gasteiger partial charge in [-0.05, 0) is 22.4 Å². The van der Waals surface area contributed by atoms with Crippen LogP contribution in [-0.4, -0.2) is 18.8 Å². The first-order valence-corrected chi connectivity index (χ1v) is 9.36. The van der Waals surface area contributed by atoms with Gasteiger partial charge in [-0.1, -0.05) is 60.7 Å². The molecule has 1 amide bonds. The maximum atomic E-state index is 12.1. The summed E-state index contributed by atoms with van der Waals surface area (Å²) in [6, 6.07) is 22.4. The third kappa shape index (κ3) is 4.54. The van der Waals surface area contributed by atoms with Gasteiger partial charge in [0.25, 0.3) is 0 Å². The van der Waals surface area contributed by atoms with Crippen LogP contribution in [0.3, 0.4) is 0 Å². The van der Waals surface area contributed by atoms with Gasteiger partial charge in [0.1, 0.15) is 5.75 Å². The quantitative estimate of drug-likeness (QED) is 0.686. The predicted molar refractivity (Wildman–Crippen MR) is 105 cm³/mol. The zero-order chi connectivity index (χ0) is 17.5. The first-order valence-electron chi connectivity index (χ1n) is 8.21. The van der Waals surface area contributed by atoms with E-state index in [-0.39, 0.29) is 5.91 Å². The number of para-hydroxylation sites is 1. The Morgan fingerprint density at radius 1 is 0.960 bits per heavy atom. The standard InChI is InChI=1S/C21H21NO2S/c1-24-20-12-5-3-8-17(20)13-22-21(23)15-25-14-18-10-6-9-16-7-2-4-11-19(16)18/h2-12H,13-15H2,1H3,(H,22,23). The Hall–Kier alpha value is -2.46. The molecule has 0 aliphatic heterocycles. The van der Waals surface area contributed by atoms with E-state index in [4.69, 9.17) is 4.74 Å². The molecule has 0 bridgehead atoms. The maximum Gasteiger partial charge on any atom is 0.230 e. The molecular formula is C21H21NO2S. The third-order valence-electron chi connectivity index (χ3n) is 4.04. The van der Waals surface area contributed by atoms with Crippen LogP contribution in [0.25, 0.3) is 10.8 Å². The first-order chi connectivity index (χ1) is 12.3. The summed E-state index contributed by atoms with van der Waals surface area (Å²) < 4.78 is 5.30. The summed E-state index contributed by atoms with van der Waals surface area (Å²) >= 11 is 1.63. The van der Waals surface area contributed by atoms with E-state index in [2.05, 4.69) is 41.7 Å². The Morgan fingerprint density at radius 2 is 1.68 bits per heavy atom. The van der Waals surface area contributed by atoms with Crippen LogP contribution in [0, 0.1) is 0 Å². The van der Waals surface area contributed by atoms with E-state index < -0.39 is 0 Å². The zero-order valence-electron chi connectivity index (χ0n) is 14.2. The van der Waals surface area contributed by atoms with Crippen LogP contribution in [0.2, 0.25) is 0 Å². The van der Waals surface area contributed by atoms with Crippen molar-refractivity contribution in [3.63, 3.8) is 0 Å². The van der Waals surface area contributed by atoms with Gasteiger partial charge >= 0.3 is 0 Å². The van der Waals surface area contributed by atoms with Gasteiger partial charge in [0.15, 0.2) is 0 Å². The van der Waals surface area contributed by atoms with Gasteiger partial charge in [-0.15, -0.1) is 11.8 Å². The highest BCUT2D eigenvalue weighted by Gasteiger charge is 2.06. The minimum absolute atomic E-state index is 0.0381. The van der Waals surface area contributed by atoms with Crippen molar-refractivity contribution < 1.29 is 9.53 Å². The predicted octanol–water partition coefficient (Wildman–Crippen LogP) is 4.40. The summed E-state index contributed by atoms with van der Waals surface area (Å²) in [7, 11) is 1.64. The topological polar surface area (TPSA) is 38.3 Å². The molecule has 0 saturated heterocycles. The van der Waals surface area contributed by atoms with Crippen molar-refractivity contribution in [1.29, 1.82) is 0 Å². The van der Waals surface area contributed by atoms with Crippen molar-refractivity contribution in [3.05, 3.63) is 77.9 Å². The van der Waals surface area contributed by atoms with E-state index in [9.17, 15) is 4.79 Å². The Balaban J connectivity index is 1.51. The van der Waals surface area contributed by atoms with Gasteiger partial charge < -0.3 is 10.1 Å². The molecular weight excluding hydrogens is 330 g/mol. The molecule has 1 N–H and O–H groups in total. The van der Waals surface area contributed by atoms with Gasteiger partial charge in [-0.2, -0.15) is 0 Å². The fourth-order valence-corrected chi connectivity index (χ4v) is 3.63. The second-order valence-electron chi connectivity index (χ2n) is 5.72. The number of benzene rings is 3. The van der Waals surface area contributed by atoms with Crippen LogP contribution in [0.4, 0.5) is 0 Å². The fraction of sp³-hybridized carbons (Fsp3) is 0.190. The van der Waals surface area contributed by atoms with E-state index in [1.54, 1.807) is 18.9 Å². The number of amides is 1. The zero-order valence-corrected chi connectivity index (χ0v) is 15.0. The van der Waals surface area contributed by atoms with Crippen molar-refractivity contribution in [2.45, 2.75) is 12.3 Å². The molecule has 3 nitrogen and oxygen atoms in total. The molecule has 0 saturated carbocycles. The number of methoxy groups -OCH3 is 1. The lowest BCUT2D eigenvalue weighted by Crippen LogP contribution is -2.24. The fourth-order valence-electron chi connectivity index (χ4n) is 2.77. The van der Waals surface area contributed by atoms with Crippen LogP contribution in [0.1, 0.15) is 11.1 Å². The van der Waals surface area contributed by atoms with Crippen molar-refractivity contribution >= 4 is 28.4 Å². The smallest absolute Gasteiger partial charge is 0.230 e. The van der Waals surface area contributed by atoms with Crippen LogP contribution in [-0.2, 0) is 17.1 Å². The SMILES string of the molecule is COc1ccccc1CNC(=O)CSCc1cccc2ccccc12. The number of ether oxygens (including phenoxy) is 1. The number of hydrogen-bond acceptors (Lipinski definition) is 3. The number of fused-ring (bicyclic) bond motifs is 1. The minimum atomic E-state index is 0.0381. The molecule has 0 heterocycles. The highest BCUT2D eigenvalue weighted by atomic mass is 32.2. The van der Waals surface area contributed by atoms with Crippen LogP contribution in [0.15, 0.2) is 66.7 Å². The molecule has 3 aromatic carbocycles. The average Bonchev–Trinajstić information content (AvgIpc) is 2.67. The summed E-state index contributed by atoms with van der Waals surface area (Å²) in [5.41, 5.74) is 2.25. The van der Waals surface area contributed by atoms with Gasteiger partial charge in [0.05, 0.1) is 12.9 Å². The molecule has 25 heavy (non-hydrogen) atoms. The lowest BCUT2D eigenvalue weighted by Gasteiger charge is -2.10. The largest absolute Gasteiger partial charge is 0.496 e.